The summed E-state index contributed by atoms with van der Waals surface area (Å²) in [6.07, 6.45) is 0.0233. The van der Waals surface area contributed by atoms with Crippen LogP contribution in [0.15, 0.2) is 47.5 Å². The number of ether oxygens (including phenoxy) is 1. The lowest BCUT2D eigenvalue weighted by Crippen LogP contribution is -2.46. The minimum Gasteiger partial charge on any atom is -0.491 e. The van der Waals surface area contributed by atoms with E-state index >= 15 is 0 Å². The third kappa shape index (κ3) is 6.01. The summed E-state index contributed by atoms with van der Waals surface area (Å²) in [5, 5.41) is 3.59. The molecule has 1 amide bonds. The highest BCUT2D eigenvalue weighted by molar-refractivity contribution is 8.14. The average Bonchev–Trinajstić information content (AvgIpc) is 3.27. The number of carbonyl (C=O) groups excluding carboxylic acids is 1. The molecule has 0 aliphatic carbocycles. The molecule has 0 spiro atoms. The second kappa shape index (κ2) is 10.4. The van der Waals surface area contributed by atoms with E-state index in [2.05, 4.69) is 20.1 Å². The highest BCUT2D eigenvalue weighted by atomic mass is 32.2. The summed E-state index contributed by atoms with van der Waals surface area (Å²) in [6.45, 7) is 8.96. The van der Waals surface area contributed by atoms with E-state index in [9.17, 15) is 9.18 Å². The number of thioether (sulfide) groups is 1. The first kappa shape index (κ1) is 22.6. The molecule has 0 radical (unpaired) electrons. The summed E-state index contributed by atoms with van der Waals surface area (Å²) in [5.41, 5.74) is 2.67. The van der Waals surface area contributed by atoms with Gasteiger partial charge < -0.3 is 15.0 Å². The van der Waals surface area contributed by atoms with Crippen LogP contribution in [0, 0.1) is 5.82 Å². The predicted octanol–water partition coefficient (Wildman–Crippen LogP) is 3.77. The minimum absolute atomic E-state index is 0.0233. The molecule has 170 valence electrons. The fraction of sp³-hybridized carbons (Fsp3) is 0.417. The Hall–Kier alpha value is -2.58. The van der Waals surface area contributed by atoms with Gasteiger partial charge in [-0.15, -0.1) is 0 Å². The molecule has 0 unspecified atom stereocenters. The number of hydrogen-bond donors (Lipinski definition) is 1. The summed E-state index contributed by atoms with van der Waals surface area (Å²) in [4.78, 5) is 21.7. The standard InChI is InChI=1S/C24H29FN4O2S/c1-17(2)31-22-14-18(13-19(15-22)23(30)27-24-26-7-12-32-24)16-28-8-10-29(11-9-28)21-5-3-20(25)4-6-21/h3-6,13-15,17H,7-12,16H2,1-2H3,(H,26,27,30). The lowest BCUT2D eigenvalue weighted by Gasteiger charge is -2.36. The molecule has 1 fully saturated rings. The monoisotopic (exact) mass is 456 g/mol. The van der Waals surface area contributed by atoms with Gasteiger partial charge in [-0.05, 0) is 61.9 Å². The second-order valence-corrected chi connectivity index (χ2v) is 9.34. The van der Waals surface area contributed by atoms with E-state index in [1.165, 1.54) is 12.1 Å². The molecule has 0 bridgehead atoms. The van der Waals surface area contributed by atoms with Crippen molar-refractivity contribution in [2.75, 3.05) is 43.4 Å². The summed E-state index contributed by atoms with van der Waals surface area (Å²) >= 11 is 1.57. The van der Waals surface area contributed by atoms with Crippen LogP contribution in [0.1, 0.15) is 29.8 Å². The second-order valence-electron chi connectivity index (χ2n) is 8.26. The third-order valence-electron chi connectivity index (χ3n) is 5.38. The summed E-state index contributed by atoms with van der Waals surface area (Å²) in [6, 6.07) is 12.4. The first-order valence-corrected chi connectivity index (χ1v) is 12.0. The van der Waals surface area contributed by atoms with Crippen molar-refractivity contribution in [3.05, 3.63) is 59.4 Å². The summed E-state index contributed by atoms with van der Waals surface area (Å²) < 4.78 is 19.1. The number of piperazine rings is 1. The van der Waals surface area contributed by atoms with Gasteiger partial charge in [-0.2, -0.15) is 0 Å². The van der Waals surface area contributed by atoms with Gasteiger partial charge in [-0.1, -0.05) is 11.8 Å². The number of benzene rings is 2. The molecule has 6 nitrogen and oxygen atoms in total. The number of nitrogens with zero attached hydrogens (tertiary/aromatic N) is 3. The molecular weight excluding hydrogens is 427 g/mol. The Morgan fingerprint density at radius 2 is 1.91 bits per heavy atom. The number of hydrogen-bond acceptors (Lipinski definition) is 6. The number of rotatable bonds is 6. The maximum atomic E-state index is 13.2. The first-order chi connectivity index (χ1) is 15.5. The number of aliphatic imine (C=N–C) groups is 1. The van der Waals surface area contributed by atoms with Gasteiger partial charge in [0.1, 0.15) is 11.6 Å². The van der Waals surface area contributed by atoms with Gasteiger partial charge in [0, 0.05) is 49.7 Å². The smallest absolute Gasteiger partial charge is 0.257 e. The van der Waals surface area contributed by atoms with Crippen molar-refractivity contribution in [3.8, 4) is 5.75 Å². The number of halogens is 1. The Bertz CT molecular complexity index is 972. The zero-order valence-corrected chi connectivity index (χ0v) is 19.3. The number of anilines is 1. The van der Waals surface area contributed by atoms with E-state index in [1.54, 1.807) is 17.8 Å². The van der Waals surface area contributed by atoms with Crippen LogP contribution in [-0.4, -0.2) is 60.6 Å². The van der Waals surface area contributed by atoms with Crippen molar-refractivity contribution in [2.45, 2.75) is 26.5 Å². The van der Waals surface area contributed by atoms with Crippen molar-refractivity contribution in [2.24, 2.45) is 4.99 Å². The van der Waals surface area contributed by atoms with E-state index < -0.39 is 0 Å². The van der Waals surface area contributed by atoms with E-state index in [4.69, 9.17) is 4.74 Å². The van der Waals surface area contributed by atoms with Crippen LogP contribution in [0.4, 0.5) is 10.1 Å². The van der Waals surface area contributed by atoms with Gasteiger partial charge in [0.25, 0.3) is 5.91 Å². The molecule has 2 aliphatic rings. The number of nitrogens with one attached hydrogen (secondary N) is 1. The van der Waals surface area contributed by atoms with Crippen molar-refractivity contribution >= 4 is 28.5 Å². The molecule has 1 N–H and O–H groups in total. The van der Waals surface area contributed by atoms with Gasteiger partial charge >= 0.3 is 0 Å². The lowest BCUT2D eigenvalue weighted by molar-refractivity contribution is 0.0977. The molecular formula is C24H29FN4O2S. The first-order valence-electron chi connectivity index (χ1n) is 11.0. The Morgan fingerprint density at radius 3 is 2.56 bits per heavy atom. The van der Waals surface area contributed by atoms with Crippen LogP contribution in [0.25, 0.3) is 0 Å². The largest absolute Gasteiger partial charge is 0.491 e. The topological polar surface area (TPSA) is 57.2 Å². The third-order valence-corrected chi connectivity index (χ3v) is 6.27. The summed E-state index contributed by atoms with van der Waals surface area (Å²) in [7, 11) is 0. The van der Waals surface area contributed by atoms with Gasteiger partial charge in [0.2, 0.25) is 0 Å². The van der Waals surface area contributed by atoms with Crippen LogP contribution in [0.2, 0.25) is 0 Å². The normalized spacial score (nSPS) is 16.9. The zero-order chi connectivity index (χ0) is 22.5. The highest BCUT2D eigenvalue weighted by Gasteiger charge is 2.19. The SMILES string of the molecule is CC(C)Oc1cc(CN2CCN(c3ccc(F)cc3)CC2)cc(C(=O)NC2=NCCS2)c1. The van der Waals surface area contributed by atoms with Crippen LogP contribution < -0.4 is 15.0 Å². The van der Waals surface area contributed by atoms with Crippen LogP contribution in [0.5, 0.6) is 5.75 Å². The molecule has 2 aromatic carbocycles. The Morgan fingerprint density at radius 1 is 1.16 bits per heavy atom. The van der Waals surface area contributed by atoms with Crippen molar-refractivity contribution < 1.29 is 13.9 Å². The van der Waals surface area contributed by atoms with E-state index in [1.807, 2.05) is 38.1 Å². The van der Waals surface area contributed by atoms with E-state index in [0.29, 0.717) is 16.5 Å². The molecule has 2 aliphatic heterocycles. The molecule has 32 heavy (non-hydrogen) atoms. The van der Waals surface area contributed by atoms with Gasteiger partial charge in [0.15, 0.2) is 5.17 Å². The Labute approximate surface area is 192 Å². The summed E-state index contributed by atoms with van der Waals surface area (Å²) in [5.74, 6) is 1.24. The number of carbonyl (C=O) groups is 1. The molecule has 0 aromatic heterocycles. The molecule has 1 saturated heterocycles. The van der Waals surface area contributed by atoms with Crippen LogP contribution in [0.3, 0.4) is 0 Å². The van der Waals surface area contributed by atoms with Gasteiger partial charge in [0.05, 0.1) is 12.6 Å². The number of amides is 1. The Kier molecular flexibility index (Phi) is 7.32. The maximum Gasteiger partial charge on any atom is 0.257 e. The van der Waals surface area contributed by atoms with Crippen LogP contribution in [-0.2, 0) is 6.54 Å². The maximum absolute atomic E-state index is 13.2. The van der Waals surface area contributed by atoms with Crippen molar-refractivity contribution in [3.63, 3.8) is 0 Å². The van der Waals surface area contributed by atoms with Crippen molar-refractivity contribution in [1.82, 2.24) is 10.2 Å². The van der Waals surface area contributed by atoms with Crippen LogP contribution >= 0.6 is 11.8 Å². The fourth-order valence-electron chi connectivity index (χ4n) is 3.88. The average molecular weight is 457 g/mol. The number of amidine groups is 1. The van der Waals surface area contributed by atoms with E-state index in [-0.39, 0.29) is 17.8 Å². The molecule has 2 aromatic rings. The molecule has 4 rings (SSSR count). The fourth-order valence-corrected chi connectivity index (χ4v) is 4.60. The van der Waals surface area contributed by atoms with E-state index in [0.717, 1.165) is 56.3 Å². The minimum atomic E-state index is -0.214. The lowest BCUT2D eigenvalue weighted by atomic mass is 10.1. The predicted molar refractivity (Wildman–Crippen MR) is 128 cm³/mol. The van der Waals surface area contributed by atoms with Gasteiger partial charge in [-0.3, -0.25) is 14.7 Å². The molecule has 0 atom stereocenters. The zero-order valence-electron chi connectivity index (χ0n) is 18.5. The Balaban J connectivity index is 1.42. The highest BCUT2D eigenvalue weighted by Crippen LogP contribution is 2.22. The van der Waals surface area contributed by atoms with Crippen molar-refractivity contribution in [1.29, 1.82) is 0 Å². The quantitative estimate of drug-likeness (QED) is 0.717. The molecule has 8 heteroatoms. The molecule has 2 heterocycles. The molecule has 0 saturated carbocycles. The van der Waals surface area contributed by atoms with Gasteiger partial charge in [-0.25, -0.2) is 4.39 Å².